The molecule has 2 amide bonds. The molecule has 11 nitrogen and oxygen atoms in total. The summed E-state index contributed by atoms with van der Waals surface area (Å²) < 4.78 is 55.0. The number of urea groups is 1. The molecule has 35 heavy (non-hydrogen) atoms. The van der Waals surface area contributed by atoms with Crippen LogP contribution in [0.2, 0.25) is 0 Å². The van der Waals surface area contributed by atoms with Crippen LogP contribution in [0.3, 0.4) is 0 Å². The summed E-state index contributed by atoms with van der Waals surface area (Å²) in [6.07, 6.45) is 0. The van der Waals surface area contributed by atoms with Crippen LogP contribution in [0.15, 0.2) is 82.6 Å². The summed E-state index contributed by atoms with van der Waals surface area (Å²) in [5.41, 5.74) is 1.84. The number of methoxy groups -OCH3 is 1. The molecule has 0 unspecified atom stereocenters. The van der Waals surface area contributed by atoms with Crippen LogP contribution in [0.5, 0.6) is 0 Å². The van der Waals surface area contributed by atoms with E-state index in [9.17, 15) is 21.6 Å². The predicted molar refractivity (Wildman–Crippen MR) is 131 cm³/mol. The first-order valence-electron chi connectivity index (χ1n) is 10.0. The number of carbonyl (C=O) groups excluding carboxylic acids is 1. The van der Waals surface area contributed by atoms with Crippen LogP contribution < -0.4 is 20.5 Å². The van der Waals surface area contributed by atoms with Crippen molar-refractivity contribution in [3.63, 3.8) is 0 Å². The van der Waals surface area contributed by atoms with Gasteiger partial charge in [0, 0.05) is 23.5 Å². The summed E-state index contributed by atoms with van der Waals surface area (Å²) in [6.45, 7) is -0.0603. The van der Waals surface area contributed by atoms with Crippen molar-refractivity contribution in [3.8, 4) is 0 Å². The number of rotatable bonds is 8. The summed E-state index contributed by atoms with van der Waals surface area (Å²) in [5.74, 6) is -0.0417. The summed E-state index contributed by atoms with van der Waals surface area (Å²) in [6, 6.07) is 17.1. The van der Waals surface area contributed by atoms with Gasteiger partial charge in [-0.3, -0.25) is 5.41 Å². The van der Waals surface area contributed by atoms with Crippen LogP contribution in [0, 0.1) is 5.41 Å². The molecular weight excluding hydrogens is 494 g/mol. The Kier molecular flexibility index (Phi) is 7.86. The van der Waals surface area contributed by atoms with E-state index >= 15 is 0 Å². The van der Waals surface area contributed by atoms with E-state index in [1.165, 1.54) is 55.6 Å². The number of ether oxygens (including phenoxy) is 1. The van der Waals surface area contributed by atoms with E-state index in [1.807, 2.05) is 0 Å². The minimum atomic E-state index is -3.86. The van der Waals surface area contributed by atoms with Crippen LogP contribution in [0.4, 0.5) is 16.2 Å². The highest BCUT2D eigenvalue weighted by molar-refractivity contribution is 7.89. The third-order valence-electron chi connectivity index (χ3n) is 4.73. The molecule has 0 radical (unpaired) electrons. The van der Waals surface area contributed by atoms with Gasteiger partial charge in [-0.1, -0.05) is 18.2 Å². The van der Waals surface area contributed by atoms with Gasteiger partial charge in [-0.2, -0.15) is 0 Å². The van der Waals surface area contributed by atoms with Crippen molar-refractivity contribution in [2.75, 3.05) is 17.7 Å². The van der Waals surface area contributed by atoms with E-state index in [2.05, 4.69) is 15.4 Å². The van der Waals surface area contributed by atoms with Gasteiger partial charge >= 0.3 is 6.03 Å². The Hall–Kier alpha value is -3.78. The third-order valence-corrected chi connectivity index (χ3v) is 7.07. The SMILES string of the molecule is COC(=N)c1cccc(NC(=O)Nc2ccc(S(=O)(=O)NCc3ccc(S(N)(=O)=O)cc3)cc2)c1. The van der Waals surface area contributed by atoms with E-state index < -0.39 is 26.1 Å². The summed E-state index contributed by atoms with van der Waals surface area (Å²) in [7, 11) is -6.31. The molecule has 0 heterocycles. The van der Waals surface area contributed by atoms with Gasteiger partial charge in [0.2, 0.25) is 25.9 Å². The van der Waals surface area contributed by atoms with Crippen LogP contribution in [-0.4, -0.2) is 35.9 Å². The van der Waals surface area contributed by atoms with Crippen LogP contribution in [0.25, 0.3) is 0 Å². The molecule has 13 heteroatoms. The smallest absolute Gasteiger partial charge is 0.323 e. The van der Waals surface area contributed by atoms with Gasteiger partial charge in [0.15, 0.2) is 0 Å². The van der Waals surface area contributed by atoms with Gasteiger partial charge in [-0.25, -0.2) is 31.5 Å². The molecule has 0 bridgehead atoms. The molecule has 3 rings (SSSR count). The number of nitrogens with one attached hydrogen (secondary N) is 4. The Bertz CT molecular complexity index is 1440. The molecule has 0 aliphatic heterocycles. The fourth-order valence-corrected chi connectivity index (χ4v) is 4.46. The molecule has 3 aromatic rings. The maximum Gasteiger partial charge on any atom is 0.323 e. The minimum Gasteiger partial charge on any atom is -0.481 e. The first kappa shape index (κ1) is 25.8. The molecule has 0 fully saturated rings. The topological polar surface area (TPSA) is 181 Å². The molecule has 6 N–H and O–H groups in total. The van der Waals surface area contributed by atoms with Crippen LogP contribution >= 0.6 is 0 Å². The van der Waals surface area contributed by atoms with Gasteiger partial charge in [0.05, 0.1) is 16.9 Å². The van der Waals surface area contributed by atoms with Crippen molar-refractivity contribution >= 4 is 43.4 Å². The number of hydrogen-bond acceptors (Lipinski definition) is 7. The molecule has 0 aromatic heterocycles. The van der Waals surface area contributed by atoms with Crippen molar-refractivity contribution in [2.45, 2.75) is 16.3 Å². The number of nitrogens with two attached hydrogens (primary N) is 1. The van der Waals surface area contributed by atoms with Gasteiger partial charge in [-0.05, 0) is 60.2 Å². The maximum absolute atomic E-state index is 12.6. The summed E-state index contributed by atoms with van der Waals surface area (Å²) in [5, 5.41) is 18.0. The summed E-state index contributed by atoms with van der Waals surface area (Å²) in [4.78, 5) is 12.2. The number of primary sulfonamides is 1. The summed E-state index contributed by atoms with van der Waals surface area (Å²) >= 11 is 0. The standard InChI is InChI=1S/C22H23N5O6S2/c1-33-21(23)16-3-2-4-18(13-16)27-22(28)26-17-7-11-20(12-8-17)35(31,32)25-14-15-5-9-19(10-6-15)34(24,29)30/h2-13,23,25H,14H2,1H3,(H2,24,29,30)(H2,26,27,28). The van der Waals surface area contributed by atoms with E-state index in [0.29, 0.717) is 22.5 Å². The van der Waals surface area contributed by atoms with E-state index in [-0.39, 0.29) is 22.2 Å². The molecule has 0 atom stereocenters. The molecule has 0 aliphatic carbocycles. The fraction of sp³-hybridized carbons (Fsp3) is 0.0909. The number of anilines is 2. The largest absolute Gasteiger partial charge is 0.481 e. The number of sulfonamides is 2. The second-order valence-electron chi connectivity index (χ2n) is 7.23. The van der Waals surface area contributed by atoms with Crippen molar-refractivity contribution < 1.29 is 26.4 Å². The zero-order valence-electron chi connectivity index (χ0n) is 18.5. The van der Waals surface area contributed by atoms with Crippen molar-refractivity contribution in [1.82, 2.24) is 4.72 Å². The number of carbonyl (C=O) groups is 1. The van der Waals surface area contributed by atoms with Gasteiger partial charge in [-0.15, -0.1) is 0 Å². The van der Waals surface area contributed by atoms with Crippen LogP contribution in [-0.2, 0) is 31.3 Å². The Balaban J connectivity index is 1.59. The number of hydrogen-bond donors (Lipinski definition) is 5. The third kappa shape index (κ3) is 7.10. The Morgan fingerprint density at radius 2 is 1.49 bits per heavy atom. The molecule has 3 aromatic carbocycles. The quantitative estimate of drug-likeness (QED) is 0.226. The van der Waals surface area contributed by atoms with E-state index in [4.69, 9.17) is 15.3 Å². The molecule has 0 spiro atoms. The lowest BCUT2D eigenvalue weighted by molar-refractivity contribution is 0.262. The van der Waals surface area contributed by atoms with Crippen LogP contribution in [0.1, 0.15) is 11.1 Å². The van der Waals surface area contributed by atoms with Crippen molar-refractivity contribution in [1.29, 1.82) is 5.41 Å². The predicted octanol–water partition coefficient (Wildman–Crippen LogP) is 2.43. The molecule has 0 aliphatic rings. The lowest BCUT2D eigenvalue weighted by atomic mass is 10.2. The van der Waals surface area contributed by atoms with E-state index in [1.54, 1.807) is 24.3 Å². The molecular formula is C22H23N5O6S2. The van der Waals surface area contributed by atoms with Gasteiger partial charge in [0.1, 0.15) is 0 Å². The highest BCUT2D eigenvalue weighted by Gasteiger charge is 2.15. The minimum absolute atomic E-state index is 0.0182. The Morgan fingerprint density at radius 3 is 2.09 bits per heavy atom. The molecule has 184 valence electrons. The maximum atomic E-state index is 12.6. The number of amides is 2. The first-order valence-corrected chi connectivity index (χ1v) is 13.0. The average Bonchev–Trinajstić information content (AvgIpc) is 2.82. The zero-order chi connectivity index (χ0) is 25.6. The monoisotopic (exact) mass is 517 g/mol. The highest BCUT2D eigenvalue weighted by Crippen LogP contribution is 2.17. The second-order valence-corrected chi connectivity index (χ2v) is 10.6. The number of benzene rings is 3. The fourth-order valence-electron chi connectivity index (χ4n) is 2.93. The van der Waals surface area contributed by atoms with Gasteiger partial charge in [0.25, 0.3) is 0 Å². The first-order chi connectivity index (χ1) is 16.5. The normalized spacial score (nSPS) is 11.5. The zero-order valence-corrected chi connectivity index (χ0v) is 20.1. The van der Waals surface area contributed by atoms with Crippen molar-refractivity contribution in [2.24, 2.45) is 5.14 Å². The Labute approximate surface area is 202 Å². The lowest BCUT2D eigenvalue weighted by Crippen LogP contribution is -2.23. The lowest BCUT2D eigenvalue weighted by Gasteiger charge is -2.11. The Morgan fingerprint density at radius 1 is 0.886 bits per heavy atom. The van der Waals surface area contributed by atoms with Gasteiger partial charge < -0.3 is 15.4 Å². The second kappa shape index (κ2) is 10.7. The molecule has 0 saturated carbocycles. The van der Waals surface area contributed by atoms with Crippen molar-refractivity contribution in [3.05, 3.63) is 83.9 Å². The average molecular weight is 518 g/mol. The van der Waals surface area contributed by atoms with E-state index in [0.717, 1.165) is 0 Å². The highest BCUT2D eigenvalue weighted by atomic mass is 32.2. The molecule has 0 saturated heterocycles.